The molecule has 1 aromatic rings. The first kappa shape index (κ1) is 12.6. The highest BCUT2D eigenvalue weighted by molar-refractivity contribution is 7.09. The van der Waals surface area contributed by atoms with Gasteiger partial charge in [0.2, 0.25) is 11.0 Å². The summed E-state index contributed by atoms with van der Waals surface area (Å²) in [4.78, 5) is 3.44. The first-order valence-electron chi connectivity index (χ1n) is 5.70. The number of hydrogen-bond donors (Lipinski definition) is 1. The molecule has 7 heteroatoms. The summed E-state index contributed by atoms with van der Waals surface area (Å²) in [6, 6.07) is 0. The Kier molecular flexibility index (Phi) is 3.86. The van der Waals surface area contributed by atoms with E-state index in [1.807, 2.05) is 0 Å². The van der Waals surface area contributed by atoms with Crippen molar-refractivity contribution in [3.63, 3.8) is 0 Å². The lowest BCUT2D eigenvalue weighted by Gasteiger charge is -2.21. The molecule has 0 saturated heterocycles. The van der Waals surface area contributed by atoms with Gasteiger partial charge in [-0.05, 0) is 18.8 Å². The van der Waals surface area contributed by atoms with Gasteiger partial charge in [-0.1, -0.05) is 19.3 Å². The lowest BCUT2D eigenvalue weighted by atomic mass is 9.89. The first-order valence-corrected chi connectivity index (χ1v) is 6.48. The number of alkyl halides is 3. The minimum Gasteiger partial charge on any atom is -0.360 e. The van der Waals surface area contributed by atoms with E-state index >= 15 is 0 Å². The van der Waals surface area contributed by atoms with Crippen LogP contribution in [0.15, 0.2) is 0 Å². The number of nitrogens with zero attached hydrogens (tertiary/aromatic N) is 2. The van der Waals surface area contributed by atoms with Crippen molar-refractivity contribution in [2.45, 2.75) is 38.3 Å². The number of anilines is 1. The average Bonchev–Trinajstić information content (AvgIpc) is 2.76. The molecule has 1 heterocycles. The molecule has 1 aliphatic rings. The second-order valence-electron chi connectivity index (χ2n) is 4.31. The molecule has 1 aromatic heterocycles. The molecular formula is C10H14F3N3S. The Labute approximate surface area is 102 Å². The maximum atomic E-state index is 12.3. The molecule has 0 aliphatic heterocycles. The fourth-order valence-electron chi connectivity index (χ4n) is 2.03. The van der Waals surface area contributed by atoms with E-state index in [9.17, 15) is 13.2 Å². The predicted molar refractivity (Wildman–Crippen MR) is 60.0 cm³/mol. The molecule has 0 unspecified atom stereocenters. The van der Waals surface area contributed by atoms with Crippen LogP contribution in [0.4, 0.5) is 18.3 Å². The van der Waals surface area contributed by atoms with E-state index in [-0.39, 0.29) is 5.13 Å². The predicted octanol–water partition coefficient (Wildman–Crippen LogP) is 3.55. The molecule has 1 N–H and O–H groups in total. The van der Waals surface area contributed by atoms with Crippen LogP contribution in [0.3, 0.4) is 0 Å². The van der Waals surface area contributed by atoms with E-state index in [0.717, 1.165) is 24.4 Å². The summed E-state index contributed by atoms with van der Waals surface area (Å²) in [7, 11) is 0. The number of halogens is 3. The zero-order chi connectivity index (χ0) is 12.3. The van der Waals surface area contributed by atoms with Crippen molar-refractivity contribution in [2.24, 2.45) is 5.92 Å². The largest absolute Gasteiger partial charge is 0.452 e. The van der Waals surface area contributed by atoms with Gasteiger partial charge in [-0.2, -0.15) is 22.5 Å². The molecule has 1 aliphatic carbocycles. The van der Waals surface area contributed by atoms with Crippen LogP contribution in [0.1, 0.15) is 37.9 Å². The third kappa shape index (κ3) is 3.55. The molecule has 1 fully saturated rings. The Bertz CT molecular complexity index is 358. The Balaban J connectivity index is 1.84. The van der Waals surface area contributed by atoms with Crippen LogP contribution < -0.4 is 5.32 Å². The van der Waals surface area contributed by atoms with Crippen LogP contribution in [-0.4, -0.2) is 15.9 Å². The molecule has 0 bridgehead atoms. The van der Waals surface area contributed by atoms with Crippen molar-refractivity contribution in [3.05, 3.63) is 5.82 Å². The minimum absolute atomic E-state index is 0.267. The molecule has 17 heavy (non-hydrogen) atoms. The van der Waals surface area contributed by atoms with Crippen LogP contribution in [0.25, 0.3) is 0 Å². The fraction of sp³-hybridized carbons (Fsp3) is 0.800. The molecule has 0 amide bonds. The Morgan fingerprint density at radius 2 is 1.94 bits per heavy atom. The van der Waals surface area contributed by atoms with Crippen molar-refractivity contribution in [2.75, 3.05) is 11.9 Å². The second-order valence-corrected chi connectivity index (χ2v) is 5.06. The molecule has 1 saturated carbocycles. The molecule has 2 rings (SSSR count). The highest BCUT2D eigenvalue weighted by atomic mass is 32.1. The van der Waals surface area contributed by atoms with E-state index in [2.05, 4.69) is 14.7 Å². The van der Waals surface area contributed by atoms with Crippen LogP contribution in [-0.2, 0) is 6.18 Å². The molecule has 0 aromatic carbocycles. The first-order chi connectivity index (χ1) is 8.05. The summed E-state index contributed by atoms with van der Waals surface area (Å²) in [5, 5.41) is 3.22. The number of nitrogens with one attached hydrogen (secondary N) is 1. The van der Waals surface area contributed by atoms with Gasteiger partial charge in [0.15, 0.2) is 0 Å². The third-order valence-electron chi connectivity index (χ3n) is 2.95. The lowest BCUT2D eigenvalue weighted by Crippen LogP contribution is -2.17. The Morgan fingerprint density at radius 3 is 2.53 bits per heavy atom. The monoisotopic (exact) mass is 265 g/mol. The van der Waals surface area contributed by atoms with E-state index in [1.165, 1.54) is 19.3 Å². The summed E-state index contributed by atoms with van der Waals surface area (Å²) in [5.74, 6) is -0.490. The van der Waals surface area contributed by atoms with Crippen LogP contribution in [0, 0.1) is 5.92 Å². The van der Waals surface area contributed by atoms with Crippen molar-refractivity contribution in [3.8, 4) is 0 Å². The van der Waals surface area contributed by atoms with Gasteiger partial charge >= 0.3 is 6.18 Å². The van der Waals surface area contributed by atoms with Crippen LogP contribution in [0.5, 0.6) is 0 Å². The van der Waals surface area contributed by atoms with Crippen molar-refractivity contribution in [1.29, 1.82) is 0 Å². The van der Waals surface area contributed by atoms with E-state index in [4.69, 9.17) is 0 Å². The smallest absolute Gasteiger partial charge is 0.360 e. The van der Waals surface area contributed by atoms with Gasteiger partial charge in [0.1, 0.15) is 0 Å². The van der Waals surface area contributed by atoms with Crippen LogP contribution in [0.2, 0.25) is 0 Å². The normalized spacial score (nSPS) is 18.3. The summed E-state index contributed by atoms with van der Waals surface area (Å²) in [6.45, 7) is 0.701. The highest BCUT2D eigenvalue weighted by Gasteiger charge is 2.36. The van der Waals surface area contributed by atoms with Crippen molar-refractivity contribution >= 4 is 16.7 Å². The molecule has 3 nitrogen and oxygen atoms in total. The van der Waals surface area contributed by atoms with E-state index in [0.29, 0.717) is 12.5 Å². The average molecular weight is 265 g/mol. The second kappa shape index (κ2) is 5.20. The summed E-state index contributed by atoms with van der Waals surface area (Å²) in [6.07, 6.45) is 1.57. The summed E-state index contributed by atoms with van der Waals surface area (Å²) < 4.78 is 40.0. The molecule has 0 spiro atoms. The molecular weight excluding hydrogens is 251 g/mol. The quantitative estimate of drug-likeness (QED) is 0.908. The van der Waals surface area contributed by atoms with E-state index in [1.54, 1.807) is 0 Å². The third-order valence-corrected chi connectivity index (χ3v) is 3.62. The number of hydrogen-bond acceptors (Lipinski definition) is 4. The Hall–Kier alpha value is -0.850. The van der Waals surface area contributed by atoms with Gasteiger partial charge in [-0.15, -0.1) is 0 Å². The van der Waals surface area contributed by atoms with Gasteiger partial charge in [-0.25, -0.2) is 0 Å². The molecule has 0 atom stereocenters. The molecule has 96 valence electrons. The SMILES string of the molecule is FC(F)(F)c1nsc(NCC2CCCCC2)n1. The van der Waals surface area contributed by atoms with Crippen molar-refractivity contribution in [1.82, 2.24) is 9.36 Å². The van der Waals surface area contributed by atoms with Gasteiger partial charge in [-0.3, -0.25) is 0 Å². The van der Waals surface area contributed by atoms with Crippen LogP contribution >= 0.6 is 11.5 Å². The summed E-state index contributed by atoms with van der Waals surface area (Å²) >= 11 is 0.773. The van der Waals surface area contributed by atoms with Gasteiger partial charge in [0.05, 0.1) is 0 Å². The van der Waals surface area contributed by atoms with Gasteiger partial charge in [0, 0.05) is 18.1 Å². The topological polar surface area (TPSA) is 37.8 Å². The Morgan fingerprint density at radius 1 is 1.24 bits per heavy atom. The van der Waals surface area contributed by atoms with Gasteiger partial charge < -0.3 is 5.32 Å². The van der Waals surface area contributed by atoms with Gasteiger partial charge in [0.25, 0.3) is 0 Å². The van der Waals surface area contributed by atoms with Crippen molar-refractivity contribution < 1.29 is 13.2 Å². The highest BCUT2D eigenvalue weighted by Crippen LogP contribution is 2.29. The number of rotatable bonds is 3. The minimum atomic E-state index is -4.44. The van der Waals surface area contributed by atoms with E-state index < -0.39 is 12.0 Å². The molecule has 0 radical (unpaired) electrons. The number of aromatic nitrogens is 2. The summed E-state index contributed by atoms with van der Waals surface area (Å²) in [5.41, 5.74) is 0. The lowest BCUT2D eigenvalue weighted by molar-refractivity contribution is -0.144. The zero-order valence-corrected chi connectivity index (χ0v) is 10.1. The standard InChI is InChI=1S/C10H14F3N3S/c11-10(12,13)8-15-9(17-16-8)14-6-7-4-2-1-3-5-7/h7H,1-6H2,(H,14,15,16). The maximum absolute atomic E-state index is 12.3. The maximum Gasteiger partial charge on any atom is 0.452 e. The zero-order valence-electron chi connectivity index (χ0n) is 9.26. The fourth-order valence-corrected chi connectivity index (χ4v) is 2.63.